The number of carbonyl (C=O) groups excluding carboxylic acids is 1. The van der Waals surface area contributed by atoms with Gasteiger partial charge in [0, 0.05) is 28.6 Å². The van der Waals surface area contributed by atoms with Gasteiger partial charge in [0.15, 0.2) is 0 Å². The molecular weight excluding hydrogens is 400 g/mol. The normalized spacial score (nSPS) is 18.0. The Morgan fingerprint density at radius 1 is 1.33 bits per heavy atom. The Hall–Kier alpha value is -0.430. The van der Waals surface area contributed by atoms with Crippen molar-refractivity contribution in [1.29, 1.82) is 0 Å². The van der Waals surface area contributed by atoms with Gasteiger partial charge >= 0.3 is 5.97 Å². The van der Waals surface area contributed by atoms with Crippen LogP contribution in [0.2, 0.25) is 0 Å². The molecule has 1 saturated heterocycles. The topological polar surface area (TPSA) is 41.6 Å². The Labute approximate surface area is 142 Å². The third-order valence-corrected chi connectivity index (χ3v) is 5.39. The number of rotatable bonds is 4. The molecule has 0 bridgehead atoms. The second-order valence-corrected chi connectivity index (χ2v) is 6.68. The van der Waals surface area contributed by atoms with E-state index in [4.69, 9.17) is 4.74 Å². The van der Waals surface area contributed by atoms with Gasteiger partial charge < -0.3 is 10.1 Å². The molecule has 1 atom stereocenters. The molecular formula is C15H20Br2N2O2. The number of hydrogen-bond acceptors (Lipinski definition) is 4. The molecule has 1 aromatic carbocycles. The van der Waals surface area contributed by atoms with Crippen LogP contribution in [-0.2, 0) is 9.53 Å². The Morgan fingerprint density at radius 3 is 2.86 bits per heavy atom. The second kappa shape index (κ2) is 8.27. The molecule has 1 aliphatic rings. The molecule has 1 aromatic rings. The molecule has 1 heterocycles. The highest BCUT2D eigenvalue weighted by atomic mass is 79.9. The second-order valence-electron chi connectivity index (χ2n) is 4.97. The highest BCUT2D eigenvalue weighted by molar-refractivity contribution is 9.13. The number of benzene rings is 1. The molecule has 2 rings (SSSR count). The third kappa shape index (κ3) is 4.52. The lowest BCUT2D eigenvalue weighted by Crippen LogP contribution is -2.37. The number of hydrogen-bond donors (Lipinski definition) is 1. The first-order valence-electron chi connectivity index (χ1n) is 7.20. The van der Waals surface area contributed by atoms with Crippen molar-refractivity contribution in [2.24, 2.45) is 0 Å². The van der Waals surface area contributed by atoms with Crippen LogP contribution in [0.1, 0.15) is 24.9 Å². The highest BCUT2D eigenvalue weighted by Crippen LogP contribution is 2.30. The van der Waals surface area contributed by atoms with Gasteiger partial charge in [-0.2, -0.15) is 0 Å². The van der Waals surface area contributed by atoms with Gasteiger partial charge in [-0.25, -0.2) is 4.79 Å². The lowest BCUT2D eigenvalue weighted by atomic mass is 10.1. The summed E-state index contributed by atoms with van der Waals surface area (Å²) in [5.74, 6) is -0.173. The molecule has 0 amide bonds. The van der Waals surface area contributed by atoms with Gasteiger partial charge in [-0.05, 0) is 69.4 Å². The smallest absolute Gasteiger partial charge is 0.328 e. The largest absolute Gasteiger partial charge is 0.465 e. The summed E-state index contributed by atoms with van der Waals surface area (Å²) < 4.78 is 7.22. The highest BCUT2D eigenvalue weighted by Gasteiger charge is 2.29. The van der Waals surface area contributed by atoms with E-state index >= 15 is 0 Å². The fourth-order valence-electron chi connectivity index (χ4n) is 2.52. The molecule has 0 aromatic heterocycles. The van der Waals surface area contributed by atoms with Crippen LogP contribution < -0.4 is 5.32 Å². The number of carbonyl (C=O) groups is 1. The molecule has 0 aliphatic carbocycles. The van der Waals surface area contributed by atoms with E-state index in [1.54, 1.807) is 0 Å². The SMILES string of the molecule is CCOC(=O)C(c1ccc(Br)c(Br)c1)N1CCCNCC1. The van der Waals surface area contributed by atoms with E-state index in [0.29, 0.717) is 6.61 Å². The van der Waals surface area contributed by atoms with Crippen LogP contribution in [0.5, 0.6) is 0 Å². The predicted octanol–water partition coefficient (Wildman–Crippen LogP) is 3.11. The van der Waals surface area contributed by atoms with Crippen molar-refractivity contribution in [2.75, 3.05) is 32.8 Å². The van der Waals surface area contributed by atoms with Crippen LogP contribution in [0.15, 0.2) is 27.1 Å². The van der Waals surface area contributed by atoms with Crippen molar-refractivity contribution in [2.45, 2.75) is 19.4 Å². The van der Waals surface area contributed by atoms with Gasteiger partial charge in [0.1, 0.15) is 6.04 Å². The first kappa shape index (κ1) is 16.9. The van der Waals surface area contributed by atoms with Gasteiger partial charge in [0.05, 0.1) is 6.61 Å². The molecule has 4 nitrogen and oxygen atoms in total. The average molecular weight is 420 g/mol. The Balaban J connectivity index is 2.29. The van der Waals surface area contributed by atoms with Crippen molar-refractivity contribution in [3.63, 3.8) is 0 Å². The van der Waals surface area contributed by atoms with Gasteiger partial charge in [-0.15, -0.1) is 0 Å². The summed E-state index contributed by atoms with van der Waals surface area (Å²) in [5.41, 5.74) is 0.963. The van der Waals surface area contributed by atoms with Crippen molar-refractivity contribution < 1.29 is 9.53 Å². The molecule has 21 heavy (non-hydrogen) atoms. The molecule has 0 radical (unpaired) electrons. The summed E-state index contributed by atoms with van der Waals surface area (Å²) >= 11 is 6.98. The summed E-state index contributed by atoms with van der Waals surface area (Å²) in [4.78, 5) is 14.6. The van der Waals surface area contributed by atoms with Crippen LogP contribution in [0.4, 0.5) is 0 Å². The summed E-state index contributed by atoms with van der Waals surface area (Å²) in [5, 5.41) is 3.36. The van der Waals surface area contributed by atoms with Crippen LogP contribution in [0.3, 0.4) is 0 Å². The summed E-state index contributed by atoms with van der Waals surface area (Å²) in [7, 11) is 0. The third-order valence-electron chi connectivity index (χ3n) is 3.51. The van der Waals surface area contributed by atoms with E-state index < -0.39 is 0 Å². The fraction of sp³-hybridized carbons (Fsp3) is 0.533. The van der Waals surface area contributed by atoms with Crippen LogP contribution >= 0.6 is 31.9 Å². The fourth-order valence-corrected chi connectivity index (χ4v) is 3.17. The van der Waals surface area contributed by atoms with Gasteiger partial charge in [-0.3, -0.25) is 4.90 Å². The van der Waals surface area contributed by atoms with E-state index in [-0.39, 0.29) is 12.0 Å². The molecule has 1 aliphatic heterocycles. The number of halogens is 2. The van der Waals surface area contributed by atoms with E-state index in [1.165, 1.54) is 0 Å². The van der Waals surface area contributed by atoms with Gasteiger partial charge in [0.25, 0.3) is 0 Å². The summed E-state index contributed by atoms with van der Waals surface area (Å²) in [6, 6.07) is 5.59. The predicted molar refractivity (Wildman–Crippen MR) is 90.3 cm³/mol. The number of esters is 1. The maximum atomic E-state index is 12.4. The number of nitrogens with one attached hydrogen (secondary N) is 1. The average Bonchev–Trinajstić information content (AvgIpc) is 2.72. The number of ether oxygens (including phenoxy) is 1. The zero-order valence-electron chi connectivity index (χ0n) is 12.1. The van der Waals surface area contributed by atoms with E-state index in [2.05, 4.69) is 42.1 Å². The minimum Gasteiger partial charge on any atom is -0.465 e. The molecule has 116 valence electrons. The lowest BCUT2D eigenvalue weighted by Gasteiger charge is -2.29. The quantitative estimate of drug-likeness (QED) is 0.761. The van der Waals surface area contributed by atoms with E-state index in [9.17, 15) is 4.79 Å². The first-order valence-corrected chi connectivity index (χ1v) is 8.78. The molecule has 1 unspecified atom stereocenters. The summed E-state index contributed by atoms with van der Waals surface area (Å²) in [6.45, 7) is 5.88. The first-order chi connectivity index (χ1) is 10.1. The zero-order chi connectivity index (χ0) is 15.2. The maximum absolute atomic E-state index is 12.4. The Kier molecular flexibility index (Phi) is 6.67. The minimum atomic E-state index is -0.339. The molecule has 6 heteroatoms. The van der Waals surface area contributed by atoms with Gasteiger partial charge in [-0.1, -0.05) is 6.07 Å². The van der Waals surface area contributed by atoms with Crippen LogP contribution in [-0.4, -0.2) is 43.7 Å². The molecule has 1 N–H and O–H groups in total. The monoisotopic (exact) mass is 418 g/mol. The van der Waals surface area contributed by atoms with Gasteiger partial charge in [0.2, 0.25) is 0 Å². The lowest BCUT2D eigenvalue weighted by molar-refractivity contribution is -0.149. The number of nitrogens with zero attached hydrogens (tertiary/aromatic N) is 1. The minimum absolute atomic E-state index is 0.173. The van der Waals surface area contributed by atoms with Crippen molar-refractivity contribution >= 4 is 37.8 Å². The molecule has 1 fully saturated rings. The van der Waals surface area contributed by atoms with Crippen molar-refractivity contribution in [3.05, 3.63) is 32.7 Å². The van der Waals surface area contributed by atoms with Crippen molar-refractivity contribution in [1.82, 2.24) is 10.2 Å². The molecule has 0 spiro atoms. The Morgan fingerprint density at radius 2 is 2.14 bits per heavy atom. The molecule has 0 saturated carbocycles. The Bertz CT molecular complexity index is 489. The van der Waals surface area contributed by atoms with E-state index in [0.717, 1.165) is 47.1 Å². The maximum Gasteiger partial charge on any atom is 0.328 e. The zero-order valence-corrected chi connectivity index (χ0v) is 15.2. The summed E-state index contributed by atoms with van der Waals surface area (Å²) in [6.07, 6.45) is 1.04. The van der Waals surface area contributed by atoms with E-state index in [1.807, 2.05) is 25.1 Å². The van der Waals surface area contributed by atoms with Crippen LogP contribution in [0, 0.1) is 0 Å². The van der Waals surface area contributed by atoms with Crippen molar-refractivity contribution in [3.8, 4) is 0 Å². The van der Waals surface area contributed by atoms with Crippen LogP contribution in [0.25, 0.3) is 0 Å². The standard InChI is InChI=1S/C15H20Br2N2O2/c1-2-21-15(20)14(19-8-3-6-18-7-9-19)11-4-5-12(16)13(17)10-11/h4-5,10,14,18H,2-3,6-9H2,1H3.